The number of nitrogens with zero attached hydrogens (tertiary/aromatic N) is 3. The van der Waals surface area contributed by atoms with Crippen LogP contribution in [0.2, 0.25) is 0 Å². The van der Waals surface area contributed by atoms with Crippen LogP contribution in [0.4, 0.5) is 13.2 Å². The molecule has 1 aromatic carbocycles. The lowest BCUT2D eigenvalue weighted by Crippen LogP contribution is -2.38. The number of alkyl halides is 3. The second-order valence-electron chi connectivity index (χ2n) is 7.44. The van der Waals surface area contributed by atoms with E-state index in [4.69, 9.17) is 0 Å². The van der Waals surface area contributed by atoms with Gasteiger partial charge in [0.2, 0.25) is 0 Å². The first-order valence-electron chi connectivity index (χ1n) is 9.21. The molecule has 1 aliphatic heterocycles. The maximum absolute atomic E-state index is 12.9. The summed E-state index contributed by atoms with van der Waals surface area (Å²) in [6.45, 7) is 6.24. The van der Waals surface area contributed by atoms with E-state index in [1.54, 1.807) is 0 Å². The molecular weight excluding hydrogens is 355 g/mol. The number of halogens is 3. The Balaban J connectivity index is 1.67. The second kappa shape index (κ2) is 7.84. The number of piperidine rings is 1. The van der Waals surface area contributed by atoms with Gasteiger partial charge in [-0.2, -0.15) is 18.3 Å². The zero-order valence-corrected chi connectivity index (χ0v) is 15.5. The Morgan fingerprint density at radius 1 is 1.33 bits per heavy atom. The summed E-state index contributed by atoms with van der Waals surface area (Å²) in [5, 5.41) is 4.33. The predicted molar refractivity (Wildman–Crippen MR) is 96.4 cm³/mol. The Bertz CT molecular complexity index is 798. The van der Waals surface area contributed by atoms with Crippen LogP contribution in [0.1, 0.15) is 54.2 Å². The van der Waals surface area contributed by atoms with E-state index in [1.165, 1.54) is 12.1 Å². The van der Waals surface area contributed by atoms with Gasteiger partial charge < -0.3 is 0 Å². The van der Waals surface area contributed by atoms with Crippen molar-refractivity contribution in [2.45, 2.75) is 45.5 Å². The summed E-state index contributed by atoms with van der Waals surface area (Å²) >= 11 is 0. The molecule has 1 aromatic heterocycles. The van der Waals surface area contributed by atoms with Crippen LogP contribution in [-0.2, 0) is 12.7 Å². The molecule has 7 heteroatoms. The third-order valence-electron chi connectivity index (χ3n) is 4.94. The summed E-state index contributed by atoms with van der Waals surface area (Å²) < 4.78 is 40.6. The van der Waals surface area contributed by atoms with E-state index in [9.17, 15) is 18.0 Å². The topological polar surface area (TPSA) is 38.1 Å². The fourth-order valence-electron chi connectivity index (χ4n) is 3.50. The first-order chi connectivity index (χ1) is 12.7. The third kappa shape index (κ3) is 4.77. The van der Waals surface area contributed by atoms with Crippen LogP contribution in [-0.4, -0.2) is 33.6 Å². The maximum Gasteiger partial charge on any atom is 0.416 e. The molecule has 2 heterocycles. The van der Waals surface area contributed by atoms with Crippen molar-refractivity contribution in [3.63, 3.8) is 0 Å². The van der Waals surface area contributed by atoms with Gasteiger partial charge in [-0.15, -0.1) is 0 Å². The number of benzene rings is 1. The maximum atomic E-state index is 12.9. The Morgan fingerprint density at radius 2 is 2.11 bits per heavy atom. The minimum Gasteiger partial charge on any atom is -0.298 e. The molecule has 4 nitrogen and oxygen atoms in total. The molecule has 1 saturated heterocycles. The van der Waals surface area contributed by atoms with Gasteiger partial charge in [-0.05, 0) is 45.4 Å². The Kier molecular flexibility index (Phi) is 5.69. The number of ketones is 1. The molecule has 0 spiro atoms. The summed E-state index contributed by atoms with van der Waals surface area (Å²) in [5.74, 6) is -0.481. The highest BCUT2D eigenvalue weighted by molar-refractivity contribution is 5.98. The van der Waals surface area contributed by atoms with E-state index < -0.39 is 11.7 Å². The molecule has 27 heavy (non-hydrogen) atoms. The normalized spacial score (nSPS) is 18.8. The molecule has 2 aromatic rings. The Morgan fingerprint density at radius 3 is 2.78 bits per heavy atom. The number of carbonyl (C=O) groups excluding carboxylic acids is 1. The molecule has 0 saturated carbocycles. The number of hydrogen-bond donors (Lipinski definition) is 0. The van der Waals surface area contributed by atoms with Crippen molar-refractivity contribution in [2.75, 3.05) is 13.1 Å². The van der Waals surface area contributed by atoms with Crippen molar-refractivity contribution in [1.82, 2.24) is 14.7 Å². The second-order valence-corrected chi connectivity index (χ2v) is 7.44. The van der Waals surface area contributed by atoms with E-state index in [2.05, 4.69) is 23.8 Å². The van der Waals surface area contributed by atoms with E-state index in [1.807, 2.05) is 17.1 Å². The first kappa shape index (κ1) is 19.6. The minimum atomic E-state index is -4.44. The summed E-state index contributed by atoms with van der Waals surface area (Å²) in [5.41, 5.74) is 0.447. The van der Waals surface area contributed by atoms with Gasteiger partial charge in [-0.1, -0.05) is 12.1 Å². The zero-order valence-electron chi connectivity index (χ0n) is 15.5. The predicted octanol–water partition coefficient (Wildman–Crippen LogP) is 4.58. The summed E-state index contributed by atoms with van der Waals surface area (Å²) in [7, 11) is 0. The lowest BCUT2D eigenvalue weighted by Gasteiger charge is -2.31. The number of rotatable bonds is 5. The van der Waals surface area contributed by atoms with Crippen molar-refractivity contribution in [3.8, 4) is 0 Å². The largest absolute Gasteiger partial charge is 0.416 e. The van der Waals surface area contributed by atoms with Crippen molar-refractivity contribution < 1.29 is 18.0 Å². The molecular formula is C20H24F3N3O. The Labute approximate surface area is 157 Å². The van der Waals surface area contributed by atoms with Gasteiger partial charge in [0.15, 0.2) is 5.78 Å². The molecule has 0 amide bonds. The smallest absolute Gasteiger partial charge is 0.298 e. The average Bonchev–Trinajstić information content (AvgIpc) is 3.09. The lowest BCUT2D eigenvalue weighted by molar-refractivity contribution is -0.137. The van der Waals surface area contributed by atoms with Crippen molar-refractivity contribution in [2.24, 2.45) is 5.92 Å². The number of Topliss-reactive ketones (excluding diaryl/α,β-unsaturated/α-hetero) is 1. The Hall–Kier alpha value is -2.15. The van der Waals surface area contributed by atoms with E-state index in [0.717, 1.165) is 30.7 Å². The van der Waals surface area contributed by atoms with Gasteiger partial charge in [0.1, 0.15) is 0 Å². The highest BCUT2D eigenvalue weighted by Gasteiger charge is 2.32. The van der Waals surface area contributed by atoms with Crippen LogP contribution in [0.5, 0.6) is 0 Å². The third-order valence-corrected chi connectivity index (χ3v) is 4.94. The lowest BCUT2D eigenvalue weighted by atomic mass is 9.89. The molecule has 3 rings (SSSR count). The molecule has 1 fully saturated rings. The van der Waals surface area contributed by atoms with Crippen LogP contribution < -0.4 is 0 Å². The molecule has 0 aliphatic carbocycles. The molecule has 1 aliphatic rings. The molecule has 0 N–H and O–H groups in total. The number of likely N-dealkylation sites (tertiary alicyclic amines) is 1. The van der Waals surface area contributed by atoms with E-state index in [-0.39, 0.29) is 23.3 Å². The van der Waals surface area contributed by atoms with Crippen LogP contribution in [0.3, 0.4) is 0 Å². The minimum absolute atomic E-state index is 0.143. The van der Waals surface area contributed by atoms with Crippen molar-refractivity contribution >= 4 is 5.78 Å². The standard InChI is InChI=1S/C20H24F3N3O/c1-14(2)26-12-15(10-24-26)11-25-8-4-6-17(13-25)19(27)16-5-3-7-18(9-16)20(21,22)23/h3,5,7,9-10,12,14,17H,4,6,8,11,13H2,1-2H3. The molecule has 0 radical (unpaired) electrons. The highest BCUT2D eigenvalue weighted by Crippen LogP contribution is 2.31. The molecule has 146 valence electrons. The van der Waals surface area contributed by atoms with Gasteiger partial charge in [0.05, 0.1) is 11.8 Å². The number of hydrogen-bond acceptors (Lipinski definition) is 3. The van der Waals surface area contributed by atoms with Gasteiger partial charge >= 0.3 is 6.18 Å². The van der Waals surface area contributed by atoms with Gasteiger partial charge in [0.25, 0.3) is 0 Å². The highest BCUT2D eigenvalue weighted by atomic mass is 19.4. The summed E-state index contributed by atoms with van der Waals surface area (Å²) in [6.07, 6.45) is 0.955. The van der Waals surface area contributed by atoms with Crippen LogP contribution in [0.25, 0.3) is 0 Å². The fourth-order valence-corrected chi connectivity index (χ4v) is 3.50. The molecule has 0 bridgehead atoms. The van der Waals surface area contributed by atoms with E-state index in [0.29, 0.717) is 19.5 Å². The van der Waals surface area contributed by atoms with Crippen LogP contribution in [0, 0.1) is 5.92 Å². The first-order valence-corrected chi connectivity index (χ1v) is 9.21. The fraction of sp³-hybridized carbons (Fsp3) is 0.500. The number of carbonyl (C=O) groups is 1. The van der Waals surface area contributed by atoms with Crippen LogP contribution >= 0.6 is 0 Å². The average molecular weight is 379 g/mol. The van der Waals surface area contributed by atoms with Gasteiger partial charge in [0, 0.05) is 42.4 Å². The summed E-state index contributed by atoms with van der Waals surface area (Å²) in [6, 6.07) is 5.03. The van der Waals surface area contributed by atoms with Gasteiger partial charge in [-0.3, -0.25) is 14.4 Å². The number of aromatic nitrogens is 2. The molecule has 1 atom stereocenters. The molecule has 1 unspecified atom stereocenters. The van der Waals surface area contributed by atoms with Gasteiger partial charge in [-0.25, -0.2) is 0 Å². The monoisotopic (exact) mass is 379 g/mol. The zero-order chi connectivity index (χ0) is 19.6. The SMILES string of the molecule is CC(C)n1cc(CN2CCCC(C(=O)c3cccc(C(F)(F)F)c3)C2)cn1. The van der Waals surface area contributed by atoms with Crippen molar-refractivity contribution in [3.05, 3.63) is 53.3 Å². The summed E-state index contributed by atoms with van der Waals surface area (Å²) in [4.78, 5) is 14.9. The van der Waals surface area contributed by atoms with Crippen LogP contribution in [0.15, 0.2) is 36.7 Å². The quantitative estimate of drug-likeness (QED) is 0.714. The van der Waals surface area contributed by atoms with Crippen molar-refractivity contribution in [1.29, 1.82) is 0 Å². The van der Waals surface area contributed by atoms with E-state index >= 15 is 0 Å².